The first-order valence-electron chi connectivity index (χ1n) is 7.75. The highest BCUT2D eigenvalue weighted by atomic mass is 19.1. The average molecular weight is 279 g/mol. The van der Waals surface area contributed by atoms with Gasteiger partial charge in [-0.25, -0.2) is 4.39 Å². The minimum absolute atomic E-state index is 0.00616. The van der Waals surface area contributed by atoms with E-state index < -0.39 is 6.17 Å². The molecule has 0 amide bonds. The number of rotatable bonds is 6. The van der Waals surface area contributed by atoms with Crippen molar-refractivity contribution >= 4 is 0 Å². The van der Waals surface area contributed by atoms with Gasteiger partial charge in [-0.2, -0.15) is 0 Å². The number of nitrogens with zero attached hydrogens (tertiary/aromatic N) is 1. The molecule has 1 aromatic heterocycles. The average Bonchev–Trinajstić information content (AvgIpc) is 2.37. The molecule has 0 saturated heterocycles. The van der Waals surface area contributed by atoms with Crippen molar-refractivity contribution in [3.05, 3.63) is 29.6 Å². The lowest BCUT2D eigenvalue weighted by Gasteiger charge is -2.37. The van der Waals surface area contributed by atoms with Crippen molar-refractivity contribution in [1.29, 1.82) is 0 Å². The maximum absolute atomic E-state index is 13.5. The van der Waals surface area contributed by atoms with E-state index in [0.29, 0.717) is 23.3 Å². The van der Waals surface area contributed by atoms with Crippen molar-refractivity contribution in [1.82, 2.24) is 4.98 Å². The normalized spacial score (nSPS) is 17.1. The second kappa shape index (κ2) is 6.69. The molecule has 0 aromatic carbocycles. The van der Waals surface area contributed by atoms with Crippen LogP contribution >= 0.6 is 0 Å². The third kappa shape index (κ3) is 4.04. The number of aromatic nitrogens is 1. The van der Waals surface area contributed by atoms with E-state index in [1.165, 1.54) is 6.42 Å². The number of hydrogen-bond donors (Lipinski definition) is 0. The Morgan fingerprint density at radius 2 is 1.70 bits per heavy atom. The van der Waals surface area contributed by atoms with Crippen LogP contribution in [0.25, 0.3) is 0 Å². The molecule has 1 aromatic rings. The fourth-order valence-corrected chi connectivity index (χ4v) is 2.95. The van der Waals surface area contributed by atoms with Crippen molar-refractivity contribution in [2.75, 3.05) is 0 Å². The second-order valence-corrected chi connectivity index (χ2v) is 7.24. The van der Waals surface area contributed by atoms with Gasteiger partial charge in [0.2, 0.25) is 0 Å². The maximum atomic E-state index is 13.5. The summed E-state index contributed by atoms with van der Waals surface area (Å²) in [5, 5.41) is 0. The fraction of sp³-hybridized carbons (Fsp3) is 0.722. The van der Waals surface area contributed by atoms with E-state index >= 15 is 0 Å². The molecule has 0 radical (unpaired) electrons. The lowest BCUT2D eigenvalue weighted by Crippen LogP contribution is -2.32. The van der Waals surface area contributed by atoms with Crippen molar-refractivity contribution in [3.63, 3.8) is 0 Å². The summed E-state index contributed by atoms with van der Waals surface area (Å²) in [6.45, 7) is 15.2. The molecule has 3 atom stereocenters. The standard InChI is InChI=1S/C18H30FN/c1-12(2)8-13(3)14(4)18(6,7)17-9-16(15(5)19)10-20-11-17/h9-15H,8H2,1-7H3/t13-,14+,15?/m1/s1. The highest BCUT2D eigenvalue weighted by Gasteiger charge is 2.32. The van der Waals surface area contributed by atoms with E-state index in [9.17, 15) is 4.39 Å². The van der Waals surface area contributed by atoms with Crippen LogP contribution in [0.3, 0.4) is 0 Å². The van der Waals surface area contributed by atoms with E-state index in [0.717, 1.165) is 5.56 Å². The molecule has 0 aliphatic rings. The van der Waals surface area contributed by atoms with Crippen LogP contribution in [0.15, 0.2) is 18.5 Å². The number of halogens is 1. The molecule has 20 heavy (non-hydrogen) atoms. The lowest BCUT2D eigenvalue weighted by molar-refractivity contribution is 0.220. The van der Waals surface area contributed by atoms with Crippen LogP contribution in [0.2, 0.25) is 0 Å². The molecule has 0 fully saturated rings. The topological polar surface area (TPSA) is 12.9 Å². The Morgan fingerprint density at radius 1 is 1.10 bits per heavy atom. The maximum Gasteiger partial charge on any atom is 0.124 e. The predicted octanol–water partition coefficient (Wildman–Crippen LogP) is 5.71. The summed E-state index contributed by atoms with van der Waals surface area (Å²) in [5.41, 5.74) is 1.83. The van der Waals surface area contributed by atoms with Crippen LogP contribution in [0.4, 0.5) is 4.39 Å². The summed E-state index contributed by atoms with van der Waals surface area (Å²) in [6, 6.07) is 1.98. The Morgan fingerprint density at radius 3 is 2.20 bits per heavy atom. The molecule has 1 unspecified atom stereocenters. The van der Waals surface area contributed by atoms with Gasteiger partial charge in [0.1, 0.15) is 6.17 Å². The summed E-state index contributed by atoms with van der Waals surface area (Å²) in [7, 11) is 0. The summed E-state index contributed by atoms with van der Waals surface area (Å²) in [4.78, 5) is 4.23. The Labute approximate surface area is 124 Å². The third-order valence-electron chi connectivity index (χ3n) is 4.80. The molecular weight excluding hydrogens is 249 g/mol. The van der Waals surface area contributed by atoms with Gasteiger partial charge in [0, 0.05) is 18.0 Å². The van der Waals surface area contributed by atoms with Gasteiger partial charge in [-0.05, 0) is 48.1 Å². The second-order valence-electron chi connectivity index (χ2n) is 7.24. The summed E-state index contributed by atoms with van der Waals surface area (Å²) in [5.74, 6) is 1.87. The van der Waals surface area contributed by atoms with E-state index in [1.807, 2.05) is 12.3 Å². The largest absolute Gasteiger partial charge is 0.264 e. The van der Waals surface area contributed by atoms with Crippen LogP contribution < -0.4 is 0 Å². The fourth-order valence-electron chi connectivity index (χ4n) is 2.95. The Balaban J connectivity index is 2.99. The van der Waals surface area contributed by atoms with Gasteiger partial charge >= 0.3 is 0 Å². The molecule has 0 saturated carbocycles. The third-order valence-corrected chi connectivity index (χ3v) is 4.80. The lowest BCUT2D eigenvalue weighted by atomic mass is 9.68. The summed E-state index contributed by atoms with van der Waals surface area (Å²) < 4.78 is 13.5. The van der Waals surface area contributed by atoms with Crippen LogP contribution in [0, 0.1) is 17.8 Å². The zero-order chi connectivity index (χ0) is 15.5. The molecule has 0 aliphatic carbocycles. The number of pyridine rings is 1. The van der Waals surface area contributed by atoms with Crippen LogP contribution in [0.1, 0.15) is 72.2 Å². The first-order valence-corrected chi connectivity index (χ1v) is 7.75. The molecule has 1 nitrogen and oxygen atoms in total. The zero-order valence-corrected chi connectivity index (χ0v) is 14.1. The van der Waals surface area contributed by atoms with Crippen molar-refractivity contribution in [2.24, 2.45) is 17.8 Å². The van der Waals surface area contributed by atoms with Gasteiger partial charge < -0.3 is 0 Å². The Bertz CT molecular complexity index is 423. The highest BCUT2D eigenvalue weighted by molar-refractivity contribution is 5.27. The molecule has 2 heteroatoms. The minimum Gasteiger partial charge on any atom is -0.264 e. The smallest absolute Gasteiger partial charge is 0.124 e. The zero-order valence-electron chi connectivity index (χ0n) is 14.1. The van der Waals surface area contributed by atoms with Crippen LogP contribution in [-0.4, -0.2) is 4.98 Å². The molecular formula is C18H30FN. The van der Waals surface area contributed by atoms with E-state index in [4.69, 9.17) is 0 Å². The molecule has 1 heterocycles. The molecule has 0 bridgehead atoms. The minimum atomic E-state index is -0.957. The van der Waals surface area contributed by atoms with Crippen LogP contribution in [-0.2, 0) is 5.41 Å². The predicted molar refractivity (Wildman–Crippen MR) is 84.6 cm³/mol. The van der Waals surface area contributed by atoms with Crippen molar-refractivity contribution < 1.29 is 4.39 Å². The number of alkyl halides is 1. The SMILES string of the molecule is CC(C)C[C@@H](C)[C@H](C)C(C)(C)c1cncc(C(C)F)c1. The van der Waals surface area contributed by atoms with Gasteiger partial charge in [0.15, 0.2) is 0 Å². The Kier molecular flexibility index (Phi) is 5.73. The molecule has 114 valence electrons. The highest BCUT2D eigenvalue weighted by Crippen LogP contribution is 2.38. The summed E-state index contributed by atoms with van der Waals surface area (Å²) >= 11 is 0. The molecule has 0 N–H and O–H groups in total. The molecule has 1 rings (SSSR count). The summed E-state index contributed by atoms with van der Waals surface area (Å²) in [6.07, 6.45) is 3.79. The number of hydrogen-bond acceptors (Lipinski definition) is 1. The molecule has 0 aliphatic heterocycles. The van der Waals surface area contributed by atoms with Gasteiger partial charge in [-0.1, -0.05) is 41.5 Å². The van der Waals surface area contributed by atoms with Crippen molar-refractivity contribution in [3.8, 4) is 0 Å². The van der Waals surface area contributed by atoms with Gasteiger partial charge in [-0.15, -0.1) is 0 Å². The monoisotopic (exact) mass is 279 g/mol. The van der Waals surface area contributed by atoms with E-state index in [1.54, 1.807) is 13.1 Å². The van der Waals surface area contributed by atoms with E-state index in [2.05, 4.69) is 46.5 Å². The molecule has 0 spiro atoms. The van der Waals surface area contributed by atoms with Gasteiger partial charge in [0.25, 0.3) is 0 Å². The van der Waals surface area contributed by atoms with Crippen LogP contribution in [0.5, 0.6) is 0 Å². The van der Waals surface area contributed by atoms with Crippen molar-refractivity contribution in [2.45, 2.75) is 66.5 Å². The van der Waals surface area contributed by atoms with E-state index in [-0.39, 0.29) is 5.41 Å². The Hall–Kier alpha value is -0.920. The quantitative estimate of drug-likeness (QED) is 0.650. The van der Waals surface area contributed by atoms with Gasteiger partial charge in [-0.3, -0.25) is 4.98 Å². The first kappa shape index (κ1) is 17.1. The van der Waals surface area contributed by atoms with Gasteiger partial charge in [0.05, 0.1) is 0 Å². The first-order chi connectivity index (χ1) is 9.16.